The Hall–Kier alpha value is -1.63. The quantitative estimate of drug-likeness (QED) is 0.514. The average Bonchev–Trinajstić information content (AvgIpc) is 2.92. The maximum Gasteiger partial charge on any atom is 0.325 e. The molecule has 1 saturated heterocycles. The van der Waals surface area contributed by atoms with Crippen LogP contribution in [-0.2, 0) is 9.59 Å². The molecule has 3 rings (SSSR count). The molecule has 7 heteroatoms. The van der Waals surface area contributed by atoms with Gasteiger partial charge in [0.15, 0.2) is 0 Å². The summed E-state index contributed by atoms with van der Waals surface area (Å²) in [4.78, 5) is 40.8. The number of urea groups is 1. The Balaban J connectivity index is 1.38. The lowest BCUT2D eigenvalue weighted by atomic mass is 9.77. The molecule has 1 heterocycles. The zero-order valence-electron chi connectivity index (χ0n) is 17.5. The fraction of sp³-hybridized carbons (Fsp3) is 0.857. The van der Waals surface area contributed by atoms with Gasteiger partial charge in [-0.25, -0.2) is 4.79 Å². The molecule has 0 radical (unpaired) electrons. The zero-order valence-corrected chi connectivity index (χ0v) is 17.5. The van der Waals surface area contributed by atoms with Gasteiger partial charge in [-0.05, 0) is 64.5 Å². The molecule has 0 aromatic heterocycles. The molecule has 1 spiro atoms. The Bertz CT molecular complexity index is 580. The summed E-state index contributed by atoms with van der Waals surface area (Å²) in [5.74, 6) is 0.0982. The minimum atomic E-state index is -0.771. The molecule has 1 aliphatic heterocycles. The molecule has 0 aromatic rings. The summed E-state index contributed by atoms with van der Waals surface area (Å²) in [6.45, 7) is 3.52. The number of hydrogen-bond donors (Lipinski definition) is 2. The third kappa shape index (κ3) is 4.85. The van der Waals surface area contributed by atoms with Crippen LogP contribution in [0.3, 0.4) is 0 Å². The third-order valence-electron chi connectivity index (χ3n) is 6.88. The van der Waals surface area contributed by atoms with E-state index >= 15 is 0 Å². The summed E-state index contributed by atoms with van der Waals surface area (Å²) in [5.41, 5.74) is -0.771. The molecule has 0 aromatic carbocycles. The fourth-order valence-corrected chi connectivity index (χ4v) is 4.87. The number of carbonyl (C=O) groups excluding carboxylic acids is 3. The lowest BCUT2D eigenvalue weighted by Crippen LogP contribution is -2.50. The molecule has 2 N–H and O–H groups in total. The van der Waals surface area contributed by atoms with Crippen LogP contribution < -0.4 is 10.6 Å². The van der Waals surface area contributed by atoms with Crippen molar-refractivity contribution < 1.29 is 14.4 Å². The van der Waals surface area contributed by atoms with E-state index in [1.165, 1.54) is 32.1 Å². The average molecular weight is 393 g/mol. The van der Waals surface area contributed by atoms with Crippen LogP contribution in [0.15, 0.2) is 0 Å². The molecule has 0 unspecified atom stereocenters. The SMILES string of the molecule is CC1CCC2(CC1)NC(=O)N(CC(=O)NCCCN(C)C1CCCCC1)C2=O. The first-order valence-corrected chi connectivity index (χ1v) is 11.0. The molecular formula is C21H36N4O3. The molecule has 2 aliphatic carbocycles. The van der Waals surface area contributed by atoms with E-state index in [1.54, 1.807) is 0 Å². The van der Waals surface area contributed by atoms with Gasteiger partial charge in [0.05, 0.1) is 0 Å². The first-order chi connectivity index (χ1) is 13.4. The Morgan fingerprint density at radius 1 is 1.18 bits per heavy atom. The van der Waals surface area contributed by atoms with Gasteiger partial charge in [-0.15, -0.1) is 0 Å². The highest BCUT2D eigenvalue weighted by Crippen LogP contribution is 2.36. The Kier molecular flexibility index (Phi) is 6.96. The maximum absolute atomic E-state index is 12.8. The van der Waals surface area contributed by atoms with Crippen molar-refractivity contribution in [1.29, 1.82) is 0 Å². The standard InChI is InChI=1S/C21H36N4O3/c1-16-9-11-21(12-10-16)19(27)25(20(28)23-21)15-18(26)22-13-6-14-24(2)17-7-4-3-5-8-17/h16-17H,3-15H2,1-2H3,(H,22,26)(H,23,28). The van der Waals surface area contributed by atoms with Crippen LogP contribution in [-0.4, -0.2) is 65.9 Å². The minimum Gasteiger partial charge on any atom is -0.354 e. The summed E-state index contributed by atoms with van der Waals surface area (Å²) < 4.78 is 0. The lowest BCUT2D eigenvalue weighted by Gasteiger charge is -2.33. The van der Waals surface area contributed by atoms with E-state index in [1.807, 2.05) is 0 Å². The normalized spacial score (nSPS) is 28.8. The van der Waals surface area contributed by atoms with Crippen molar-refractivity contribution in [3.63, 3.8) is 0 Å². The van der Waals surface area contributed by atoms with Crippen molar-refractivity contribution >= 4 is 17.8 Å². The minimum absolute atomic E-state index is 0.180. The van der Waals surface area contributed by atoms with E-state index in [2.05, 4.69) is 29.5 Å². The summed E-state index contributed by atoms with van der Waals surface area (Å²) >= 11 is 0. The van der Waals surface area contributed by atoms with Crippen LogP contribution in [0.5, 0.6) is 0 Å². The Morgan fingerprint density at radius 2 is 1.86 bits per heavy atom. The molecule has 0 atom stereocenters. The van der Waals surface area contributed by atoms with Crippen molar-refractivity contribution in [2.75, 3.05) is 26.7 Å². The number of imide groups is 1. The van der Waals surface area contributed by atoms with Crippen molar-refractivity contribution in [3.05, 3.63) is 0 Å². The largest absolute Gasteiger partial charge is 0.354 e. The molecule has 0 bridgehead atoms. The van der Waals surface area contributed by atoms with Gasteiger partial charge in [0.25, 0.3) is 5.91 Å². The summed E-state index contributed by atoms with van der Waals surface area (Å²) in [6.07, 6.45) is 10.6. The first-order valence-electron chi connectivity index (χ1n) is 11.0. The number of hydrogen-bond acceptors (Lipinski definition) is 4. The van der Waals surface area contributed by atoms with Gasteiger partial charge in [0.2, 0.25) is 5.91 Å². The van der Waals surface area contributed by atoms with Crippen LogP contribution in [0.2, 0.25) is 0 Å². The van der Waals surface area contributed by atoms with Gasteiger partial charge in [-0.3, -0.25) is 14.5 Å². The van der Waals surface area contributed by atoms with E-state index < -0.39 is 11.6 Å². The van der Waals surface area contributed by atoms with Gasteiger partial charge in [0.1, 0.15) is 12.1 Å². The molecule has 4 amide bonds. The van der Waals surface area contributed by atoms with Gasteiger partial charge < -0.3 is 15.5 Å². The second-order valence-electron chi connectivity index (χ2n) is 9.06. The molecular weight excluding hydrogens is 356 g/mol. The number of rotatable bonds is 7. The van der Waals surface area contributed by atoms with Gasteiger partial charge in [0, 0.05) is 12.6 Å². The topological polar surface area (TPSA) is 81.8 Å². The second kappa shape index (κ2) is 9.25. The van der Waals surface area contributed by atoms with E-state index in [-0.39, 0.29) is 18.4 Å². The van der Waals surface area contributed by atoms with E-state index in [0.29, 0.717) is 31.3 Å². The Labute approximate surface area is 168 Å². The fourth-order valence-electron chi connectivity index (χ4n) is 4.87. The summed E-state index contributed by atoms with van der Waals surface area (Å²) in [6, 6.07) is 0.247. The molecule has 3 fully saturated rings. The van der Waals surface area contributed by atoms with Crippen LogP contribution in [0.1, 0.15) is 71.1 Å². The zero-order chi connectivity index (χ0) is 20.1. The van der Waals surface area contributed by atoms with E-state index in [9.17, 15) is 14.4 Å². The first kappa shape index (κ1) is 21.1. The van der Waals surface area contributed by atoms with Crippen LogP contribution >= 0.6 is 0 Å². The van der Waals surface area contributed by atoms with Crippen LogP contribution in [0.4, 0.5) is 4.79 Å². The number of nitrogens with zero attached hydrogens (tertiary/aromatic N) is 2. The number of nitrogens with one attached hydrogen (secondary N) is 2. The van der Waals surface area contributed by atoms with Crippen LogP contribution in [0, 0.1) is 5.92 Å². The molecule has 7 nitrogen and oxygen atoms in total. The summed E-state index contributed by atoms with van der Waals surface area (Å²) in [7, 11) is 2.16. The van der Waals surface area contributed by atoms with E-state index in [4.69, 9.17) is 0 Å². The van der Waals surface area contributed by atoms with Crippen molar-refractivity contribution in [1.82, 2.24) is 20.4 Å². The second-order valence-corrected chi connectivity index (χ2v) is 9.06. The van der Waals surface area contributed by atoms with Gasteiger partial charge in [-0.1, -0.05) is 26.2 Å². The highest BCUT2D eigenvalue weighted by Gasteiger charge is 2.52. The number of amides is 4. The molecule has 28 heavy (non-hydrogen) atoms. The van der Waals surface area contributed by atoms with Crippen LogP contribution in [0.25, 0.3) is 0 Å². The van der Waals surface area contributed by atoms with E-state index in [0.717, 1.165) is 30.7 Å². The number of carbonyl (C=O) groups is 3. The van der Waals surface area contributed by atoms with Crippen molar-refractivity contribution in [3.8, 4) is 0 Å². The van der Waals surface area contributed by atoms with Gasteiger partial charge in [-0.2, -0.15) is 0 Å². The lowest BCUT2D eigenvalue weighted by molar-refractivity contribution is -0.136. The highest BCUT2D eigenvalue weighted by atomic mass is 16.2. The predicted molar refractivity (Wildman–Crippen MR) is 108 cm³/mol. The Morgan fingerprint density at radius 3 is 2.54 bits per heavy atom. The third-order valence-corrected chi connectivity index (χ3v) is 6.88. The molecule has 3 aliphatic rings. The molecule has 158 valence electrons. The smallest absolute Gasteiger partial charge is 0.325 e. The summed E-state index contributed by atoms with van der Waals surface area (Å²) in [5, 5.41) is 5.73. The highest BCUT2D eigenvalue weighted by molar-refractivity contribution is 6.09. The van der Waals surface area contributed by atoms with Crippen molar-refractivity contribution in [2.24, 2.45) is 5.92 Å². The molecule has 2 saturated carbocycles. The monoisotopic (exact) mass is 392 g/mol. The maximum atomic E-state index is 12.8. The predicted octanol–water partition coefficient (Wildman–Crippen LogP) is 2.26. The van der Waals surface area contributed by atoms with Gasteiger partial charge >= 0.3 is 6.03 Å². The van der Waals surface area contributed by atoms with Crippen molar-refractivity contribution in [2.45, 2.75) is 82.7 Å².